The molecule has 1 fully saturated rings. The third-order valence-corrected chi connectivity index (χ3v) is 4.91. The minimum atomic E-state index is 0.357. The van der Waals surface area contributed by atoms with E-state index >= 15 is 0 Å². The molecule has 0 bridgehead atoms. The molecule has 0 radical (unpaired) electrons. The van der Waals surface area contributed by atoms with Crippen molar-refractivity contribution < 1.29 is 0 Å². The Morgan fingerprint density at radius 1 is 1.19 bits per heavy atom. The predicted octanol–water partition coefficient (Wildman–Crippen LogP) is 4.16. The molecule has 1 unspecified atom stereocenters. The second-order valence-electron chi connectivity index (χ2n) is 6.96. The Morgan fingerprint density at radius 2 is 1.90 bits per heavy atom. The molecule has 1 atom stereocenters. The topological polar surface area (TPSA) is 15.3 Å². The van der Waals surface area contributed by atoms with Gasteiger partial charge >= 0.3 is 0 Å². The van der Waals surface area contributed by atoms with E-state index < -0.39 is 0 Å². The summed E-state index contributed by atoms with van der Waals surface area (Å²) in [4.78, 5) is 2.66. The third-order valence-electron chi connectivity index (χ3n) is 4.91. The van der Waals surface area contributed by atoms with Crippen LogP contribution in [0, 0.1) is 0 Å². The quantitative estimate of drug-likeness (QED) is 0.810. The van der Waals surface area contributed by atoms with Crippen LogP contribution < -0.4 is 5.32 Å². The van der Waals surface area contributed by atoms with Crippen LogP contribution in [0.2, 0.25) is 0 Å². The van der Waals surface area contributed by atoms with E-state index in [9.17, 15) is 0 Å². The molecular weight excluding hydrogens is 256 g/mol. The van der Waals surface area contributed by atoms with Gasteiger partial charge in [0.1, 0.15) is 0 Å². The van der Waals surface area contributed by atoms with E-state index in [1.807, 2.05) is 0 Å². The number of nitrogens with one attached hydrogen (secondary N) is 1. The number of aryl methyl sites for hydroxylation is 1. The number of likely N-dealkylation sites (tertiary alicyclic amines) is 1. The molecule has 0 aromatic heterocycles. The van der Waals surface area contributed by atoms with Gasteiger partial charge in [0.2, 0.25) is 0 Å². The summed E-state index contributed by atoms with van der Waals surface area (Å²) >= 11 is 0. The van der Waals surface area contributed by atoms with Crippen molar-refractivity contribution in [2.45, 2.75) is 65.0 Å². The number of hydrogen-bond donors (Lipinski definition) is 1. The number of hydrogen-bond acceptors (Lipinski definition) is 2. The lowest BCUT2D eigenvalue weighted by molar-refractivity contribution is 0.156. The average molecular weight is 288 g/mol. The van der Waals surface area contributed by atoms with Crippen LogP contribution in [0.4, 0.5) is 0 Å². The molecule has 118 valence electrons. The highest BCUT2D eigenvalue weighted by molar-refractivity contribution is 5.25. The predicted molar refractivity (Wildman–Crippen MR) is 91.7 cm³/mol. The van der Waals surface area contributed by atoms with Crippen molar-refractivity contribution in [1.82, 2.24) is 10.2 Å². The molecule has 1 aliphatic heterocycles. The fraction of sp³-hybridized carbons (Fsp3) is 0.684. The molecular formula is C19H32N2. The van der Waals surface area contributed by atoms with Crippen LogP contribution in [0.5, 0.6) is 0 Å². The smallest absolute Gasteiger partial charge is 0.0449 e. The van der Waals surface area contributed by atoms with E-state index in [1.54, 1.807) is 0 Å². The monoisotopic (exact) mass is 288 g/mol. The maximum absolute atomic E-state index is 3.75. The lowest BCUT2D eigenvalue weighted by atomic mass is 9.99. The van der Waals surface area contributed by atoms with Gasteiger partial charge in [-0.05, 0) is 63.7 Å². The van der Waals surface area contributed by atoms with E-state index in [4.69, 9.17) is 0 Å². The van der Waals surface area contributed by atoms with Crippen LogP contribution >= 0.6 is 0 Å². The number of rotatable bonds is 7. The van der Waals surface area contributed by atoms with Gasteiger partial charge in [-0.1, -0.05) is 38.1 Å². The van der Waals surface area contributed by atoms with Crippen molar-refractivity contribution in [3.63, 3.8) is 0 Å². The fourth-order valence-corrected chi connectivity index (χ4v) is 3.31. The lowest BCUT2D eigenvalue weighted by Crippen LogP contribution is -2.43. The third kappa shape index (κ3) is 4.31. The largest absolute Gasteiger partial charge is 0.309 e. The number of benzene rings is 1. The summed E-state index contributed by atoms with van der Waals surface area (Å²) in [5, 5.41) is 3.75. The maximum atomic E-state index is 3.75. The van der Waals surface area contributed by atoms with Gasteiger partial charge in [-0.3, -0.25) is 4.90 Å². The van der Waals surface area contributed by atoms with E-state index in [0.29, 0.717) is 11.6 Å². The molecule has 21 heavy (non-hydrogen) atoms. The minimum absolute atomic E-state index is 0.357. The Bertz CT molecular complexity index is 422. The van der Waals surface area contributed by atoms with E-state index in [1.165, 1.54) is 36.9 Å². The molecule has 1 heterocycles. The first kappa shape index (κ1) is 16.5. The molecule has 1 aromatic rings. The maximum Gasteiger partial charge on any atom is 0.0449 e. The first-order valence-corrected chi connectivity index (χ1v) is 8.64. The fourth-order valence-electron chi connectivity index (χ4n) is 3.31. The zero-order chi connectivity index (χ0) is 15.3. The molecule has 1 N–H and O–H groups in total. The first-order valence-electron chi connectivity index (χ1n) is 8.64. The van der Waals surface area contributed by atoms with Crippen molar-refractivity contribution in [3.8, 4) is 0 Å². The summed E-state index contributed by atoms with van der Waals surface area (Å²) in [6.07, 6.45) is 4.96. The highest BCUT2D eigenvalue weighted by Gasteiger charge is 2.33. The highest BCUT2D eigenvalue weighted by Crippen LogP contribution is 2.30. The zero-order valence-corrected chi connectivity index (χ0v) is 14.3. The molecule has 1 aromatic carbocycles. The Hall–Kier alpha value is -0.860. The Balaban J connectivity index is 2.09. The first-order chi connectivity index (χ1) is 10.1. The second kappa shape index (κ2) is 7.42. The molecule has 2 nitrogen and oxygen atoms in total. The van der Waals surface area contributed by atoms with Crippen molar-refractivity contribution in [2.75, 3.05) is 19.6 Å². The van der Waals surface area contributed by atoms with Crippen LogP contribution in [-0.4, -0.2) is 30.1 Å². The van der Waals surface area contributed by atoms with Crippen molar-refractivity contribution in [2.24, 2.45) is 0 Å². The van der Waals surface area contributed by atoms with Crippen LogP contribution in [0.3, 0.4) is 0 Å². The van der Waals surface area contributed by atoms with Gasteiger partial charge < -0.3 is 5.32 Å². The molecule has 2 heteroatoms. The Kier molecular flexibility index (Phi) is 5.83. The zero-order valence-electron chi connectivity index (χ0n) is 14.3. The molecule has 0 spiro atoms. The standard InChI is InChI=1S/C19H32N2/c1-5-13-20-18(15-21-14-7-12-19(21,3)4)17-10-8-16(6-2)9-11-17/h8-11,18,20H,5-7,12-15H2,1-4H3. The van der Waals surface area contributed by atoms with Gasteiger partial charge in [-0.15, -0.1) is 0 Å². The summed E-state index contributed by atoms with van der Waals surface area (Å²) in [5.41, 5.74) is 3.22. The summed E-state index contributed by atoms with van der Waals surface area (Å²) < 4.78 is 0. The van der Waals surface area contributed by atoms with E-state index in [-0.39, 0.29) is 0 Å². The van der Waals surface area contributed by atoms with Crippen LogP contribution in [0.1, 0.15) is 64.1 Å². The molecule has 0 saturated carbocycles. The lowest BCUT2D eigenvalue weighted by Gasteiger charge is -2.35. The SMILES string of the molecule is CCCNC(CN1CCCC1(C)C)c1ccc(CC)cc1. The highest BCUT2D eigenvalue weighted by atomic mass is 15.2. The summed E-state index contributed by atoms with van der Waals surface area (Å²) in [6, 6.07) is 9.65. The average Bonchev–Trinajstić information content (AvgIpc) is 2.82. The van der Waals surface area contributed by atoms with Gasteiger partial charge in [0.25, 0.3) is 0 Å². The van der Waals surface area contributed by atoms with E-state index in [2.05, 4.69) is 62.2 Å². The molecule has 1 aliphatic rings. The van der Waals surface area contributed by atoms with Gasteiger partial charge in [-0.25, -0.2) is 0 Å². The second-order valence-corrected chi connectivity index (χ2v) is 6.96. The Labute approximate surface area is 130 Å². The molecule has 2 rings (SSSR count). The van der Waals surface area contributed by atoms with Crippen molar-refractivity contribution >= 4 is 0 Å². The van der Waals surface area contributed by atoms with E-state index in [0.717, 1.165) is 19.5 Å². The summed E-state index contributed by atoms with van der Waals surface area (Å²) in [7, 11) is 0. The summed E-state index contributed by atoms with van der Waals surface area (Å²) in [6.45, 7) is 12.7. The number of nitrogens with zero attached hydrogens (tertiary/aromatic N) is 1. The van der Waals surface area contributed by atoms with Crippen LogP contribution in [0.25, 0.3) is 0 Å². The molecule has 1 saturated heterocycles. The van der Waals surface area contributed by atoms with Crippen molar-refractivity contribution in [3.05, 3.63) is 35.4 Å². The van der Waals surface area contributed by atoms with Gasteiger partial charge in [0, 0.05) is 18.1 Å². The van der Waals surface area contributed by atoms with Crippen LogP contribution in [-0.2, 0) is 6.42 Å². The van der Waals surface area contributed by atoms with Gasteiger partial charge in [0.05, 0.1) is 0 Å². The van der Waals surface area contributed by atoms with Gasteiger partial charge in [0.15, 0.2) is 0 Å². The normalized spacial score (nSPS) is 19.8. The summed E-state index contributed by atoms with van der Waals surface area (Å²) in [5.74, 6) is 0. The van der Waals surface area contributed by atoms with Crippen LogP contribution in [0.15, 0.2) is 24.3 Å². The van der Waals surface area contributed by atoms with Crippen molar-refractivity contribution in [1.29, 1.82) is 0 Å². The Morgan fingerprint density at radius 3 is 2.43 bits per heavy atom. The minimum Gasteiger partial charge on any atom is -0.309 e. The molecule has 0 aliphatic carbocycles. The molecule has 0 amide bonds. The van der Waals surface area contributed by atoms with Gasteiger partial charge in [-0.2, -0.15) is 0 Å².